The second-order valence-electron chi connectivity index (χ2n) is 8.95. The number of hydrogen-bond acceptors (Lipinski definition) is 8. The van der Waals surface area contributed by atoms with E-state index in [1.807, 2.05) is 18.4 Å². The summed E-state index contributed by atoms with van der Waals surface area (Å²) in [4.78, 5) is 18.9. The van der Waals surface area contributed by atoms with Gasteiger partial charge in [0.1, 0.15) is 29.9 Å². The lowest BCUT2D eigenvalue weighted by atomic mass is 9.92. The Kier molecular flexibility index (Phi) is 6.59. The van der Waals surface area contributed by atoms with Gasteiger partial charge in [0.2, 0.25) is 0 Å². The Labute approximate surface area is 210 Å². The summed E-state index contributed by atoms with van der Waals surface area (Å²) in [7, 11) is 0. The minimum Gasteiger partial charge on any atom is -0.381 e. The summed E-state index contributed by atoms with van der Waals surface area (Å²) < 4.78 is 29.7. The van der Waals surface area contributed by atoms with Crippen LogP contribution in [0, 0.1) is 21.7 Å². The Hall–Kier alpha value is -4.29. The standard InChI is InChI=1S/C25H23F2N7O3/c26-19-3-7-22(23(27)10-19)25(35,14-33-16-28-15-30-33)13-32-12-18-9-20(4-8-24(18)31-32)29-11-17-1-5-21(6-2-17)34(36)37/h1-8,10,12,15-16,24,31,35H,9,11,13-14H2. The first-order chi connectivity index (χ1) is 17.8. The van der Waals surface area contributed by atoms with Crippen LogP contribution in [0.2, 0.25) is 0 Å². The average molecular weight is 508 g/mol. The van der Waals surface area contributed by atoms with Gasteiger partial charge in [-0.3, -0.25) is 15.1 Å². The van der Waals surface area contributed by atoms with Crippen LogP contribution < -0.4 is 5.43 Å². The number of nitrogens with one attached hydrogen (secondary N) is 1. The summed E-state index contributed by atoms with van der Waals surface area (Å²) in [6.07, 6.45) is 8.99. The van der Waals surface area contributed by atoms with E-state index in [0.717, 1.165) is 29.0 Å². The van der Waals surface area contributed by atoms with Gasteiger partial charge in [-0.15, -0.1) is 0 Å². The number of aliphatic imine (C=N–C) groups is 1. The van der Waals surface area contributed by atoms with Crippen LogP contribution in [0.4, 0.5) is 14.5 Å². The second kappa shape index (κ2) is 9.99. The third-order valence-electron chi connectivity index (χ3n) is 6.26. The summed E-state index contributed by atoms with van der Waals surface area (Å²) in [6, 6.07) is 9.24. The van der Waals surface area contributed by atoms with E-state index in [0.29, 0.717) is 13.0 Å². The maximum absolute atomic E-state index is 14.7. The van der Waals surface area contributed by atoms with E-state index < -0.39 is 22.2 Å². The van der Waals surface area contributed by atoms with E-state index in [9.17, 15) is 24.0 Å². The van der Waals surface area contributed by atoms with E-state index in [4.69, 9.17) is 0 Å². The number of fused-ring (bicyclic) bond motifs is 1. The molecular weight excluding hydrogens is 484 g/mol. The molecule has 5 rings (SSSR count). The minimum absolute atomic E-state index is 0.0309. The van der Waals surface area contributed by atoms with Crippen molar-refractivity contribution in [2.75, 3.05) is 6.54 Å². The van der Waals surface area contributed by atoms with Gasteiger partial charge >= 0.3 is 0 Å². The summed E-state index contributed by atoms with van der Waals surface area (Å²) >= 11 is 0. The van der Waals surface area contributed by atoms with Crippen LogP contribution in [0.5, 0.6) is 0 Å². The number of nitro groups is 1. The third kappa shape index (κ3) is 5.44. The van der Waals surface area contributed by atoms with E-state index in [1.165, 1.54) is 35.5 Å². The molecule has 1 aliphatic carbocycles. The molecule has 2 unspecified atom stereocenters. The maximum atomic E-state index is 14.7. The highest BCUT2D eigenvalue weighted by atomic mass is 19.1. The zero-order chi connectivity index (χ0) is 26.0. The lowest BCUT2D eigenvalue weighted by Crippen LogP contribution is -2.47. The van der Waals surface area contributed by atoms with E-state index >= 15 is 0 Å². The van der Waals surface area contributed by atoms with Gasteiger partial charge in [-0.25, -0.2) is 23.9 Å². The Morgan fingerprint density at radius 3 is 2.73 bits per heavy atom. The molecule has 2 atom stereocenters. The fourth-order valence-corrected chi connectivity index (χ4v) is 4.44. The van der Waals surface area contributed by atoms with Gasteiger partial charge in [0.25, 0.3) is 5.69 Å². The lowest BCUT2D eigenvalue weighted by molar-refractivity contribution is -0.384. The van der Waals surface area contributed by atoms with Gasteiger partial charge in [-0.05, 0) is 23.3 Å². The number of nitrogens with zero attached hydrogens (tertiary/aromatic N) is 6. The Bertz CT molecular complexity index is 1390. The van der Waals surface area contributed by atoms with Crippen molar-refractivity contribution in [2.24, 2.45) is 4.99 Å². The molecule has 2 aliphatic rings. The van der Waals surface area contributed by atoms with Crippen molar-refractivity contribution in [2.45, 2.75) is 31.2 Å². The molecule has 1 aliphatic heterocycles. The maximum Gasteiger partial charge on any atom is 0.269 e. The number of allylic oxidation sites excluding steroid dienone is 1. The van der Waals surface area contributed by atoms with Crippen molar-refractivity contribution in [3.8, 4) is 0 Å². The van der Waals surface area contributed by atoms with Gasteiger partial charge in [0.15, 0.2) is 0 Å². The highest BCUT2D eigenvalue weighted by molar-refractivity contribution is 5.98. The number of benzene rings is 2. The molecule has 2 aromatic carbocycles. The quantitative estimate of drug-likeness (QED) is 0.355. The van der Waals surface area contributed by atoms with Crippen LogP contribution in [0.1, 0.15) is 17.5 Å². The molecule has 2 heterocycles. The fourth-order valence-electron chi connectivity index (χ4n) is 4.44. The minimum atomic E-state index is -1.75. The molecule has 0 amide bonds. The number of rotatable bonds is 8. The molecule has 12 heteroatoms. The zero-order valence-corrected chi connectivity index (χ0v) is 19.5. The van der Waals surface area contributed by atoms with Crippen molar-refractivity contribution in [3.63, 3.8) is 0 Å². The molecule has 0 fully saturated rings. The van der Waals surface area contributed by atoms with Crippen LogP contribution in [-0.2, 0) is 18.7 Å². The van der Waals surface area contributed by atoms with Crippen LogP contribution in [0.3, 0.4) is 0 Å². The van der Waals surface area contributed by atoms with Gasteiger partial charge in [0, 0.05) is 42.1 Å². The first-order valence-electron chi connectivity index (χ1n) is 11.5. The Morgan fingerprint density at radius 1 is 1.22 bits per heavy atom. The summed E-state index contributed by atoms with van der Waals surface area (Å²) in [5.41, 5.74) is 4.20. The molecule has 0 spiro atoms. The SMILES string of the molecule is O=[N+]([O-])c1ccc(CN=C2C=CC3NN(CC(O)(Cn4cncn4)c4ccc(F)cc4F)C=C3C2)cc1. The molecule has 0 saturated carbocycles. The molecule has 1 aromatic heterocycles. The molecule has 0 bridgehead atoms. The number of halogens is 2. The van der Waals surface area contributed by atoms with Gasteiger partial charge in [0.05, 0.1) is 30.6 Å². The largest absolute Gasteiger partial charge is 0.381 e. The third-order valence-corrected chi connectivity index (χ3v) is 6.26. The van der Waals surface area contributed by atoms with Crippen LogP contribution in [0.25, 0.3) is 0 Å². The Balaban J connectivity index is 1.31. The predicted octanol–water partition coefficient (Wildman–Crippen LogP) is 3.03. The van der Waals surface area contributed by atoms with Gasteiger partial charge in [-0.2, -0.15) is 5.10 Å². The zero-order valence-electron chi connectivity index (χ0n) is 19.5. The van der Waals surface area contributed by atoms with Crippen molar-refractivity contribution in [1.29, 1.82) is 0 Å². The Morgan fingerprint density at radius 2 is 2.03 bits per heavy atom. The molecule has 0 saturated heterocycles. The number of non-ortho nitro benzene ring substituents is 1. The molecular formula is C25H23F2N7O3. The predicted molar refractivity (Wildman–Crippen MR) is 130 cm³/mol. The molecule has 190 valence electrons. The molecule has 0 radical (unpaired) electrons. The normalized spacial score (nSPS) is 19.5. The molecule has 37 heavy (non-hydrogen) atoms. The first-order valence-corrected chi connectivity index (χ1v) is 11.5. The van der Waals surface area contributed by atoms with Crippen molar-refractivity contribution in [1.82, 2.24) is 25.2 Å². The van der Waals surface area contributed by atoms with E-state index in [2.05, 4.69) is 20.5 Å². The van der Waals surface area contributed by atoms with E-state index in [1.54, 1.807) is 17.1 Å². The lowest BCUT2D eigenvalue weighted by Gasteiger charge is -2.33. The van der Waals surface area contributed by atoms with Crippen molar-refractivity contribution < 1.29 is 18.8 Å². The molecule has 3 aromatic rings. The summed E-state index contributed by atoms with van der Waals surface area (Å²) in [5, 5.41) is 28.1. The monoisotopic (exact) mass is 507 g/mol. The highest BCUT2D eigenvalue weighted by Crippen LogP contribution is 2.30. The topological polar surface area (TPSA) is 122 Å². The summed E-state index contributed by atoms with van der Waals surface area (Å²) in [5.74, 6) is -1.59. The number of aromatic nitrogens is 3. The number of nitro benzene ring substituents is 1. The van der Waals surface area contributed by atoms with Crippen LogP contribution >= 0.6 is 0 Å². The number of hydrogen-bond donors (Lipinski definition) is 2. The number of hydrazine groups is 1. The molecule has 10 nitrogen and oxygen atoms in total. The molecule has 2 N–H and O–H groups in total. The highest BCUT2D eigenvalue weighted by Gasteiger charge is 2.37. The summed E-state index contributed by atoms with van der Waals surface area (Å²) in [6.45, 7) is 0.242. The smallest absolute Gasteiger partial charge is 0.269 e. The average Bonchev–Trinajstić information content (AvgIpc) is 3.51. The number of β-amino-alcohol motifs (C(OH)–C–C–N with tert-alkyl or cyclic N) is 1. The van der Waals surface area contributed by atoms with Crippen LogP contribution in [0.15, 0.2) is 84.0 Å². The second-order valence-corrected chi connectivity index (χ2v) is 8.95. The van der Waals surface area contributed by atoms with Crippen molar-refractivity contribution in [3.05, 3.63) is 112 Å². The van der Waals surface area contributed by atoms with Crippen LogP contribution in [-0.4, -0.2) is 48.1 Å². The van der Waals surface area contributed by atoms with Crippen molar-refractivity contribution >= 4 is 11.4 Å². The van der Waals surface area contributed by atoms with Gasteiger partial charge in [-0.1, -0.05) is 24.3 Å². The van der Waals surface area contributed by atoms with E-state index in [-0.39, 0.29) is 30.4 Å². The number of aliphatic hydroxyl groups is 1. The fraction of sp³-hybridized carbons (Fsp3) is 0.240. The first kappa shape index (κ1) is 24.4. The van der Waals surface area contributed by atoms with Gasteiger partial charge < -0.3 is 10.1 Å².